The fourth-order valence-electron chi connectivity index (χ4n) is 4.32. The second-order valence-electron chi connectivity index (χ2n) is 8.10. The average Bonchev–Trinajstić information content (AvgIpc) is 2.60. The Labute approximate surface area is 153 Å². The summed E-state index contributed by atoms with van der Waals surface area (Å²) in [4.78, 5) is 7.79. The Hall–Kier alpha value is -1.10. The minimum absolute atomic E-state index is 0.830. The van der Waals surface area contributed by atoms with Crippen LogP contribution >= 0.6 is 0 Å². The molecule has 2 heterocycles. The van der Waals surface area contributed by atoms with Gasteiger partial charge in [0.2, 0.25) is 0 Å². The number of hydrogen-bond donors (Lipinski definition) is 0. The number of likely N-dealkylation sites (tertiary alicyclic amines) is 1. The van der Waals surface area contributed by atoms with E-state index in [2.05, 4.69) is 47.7 Å². The molecule has 1 aromatic carbocycles. The topological polar surface area (TPSA) is 19.0 Å². The molecule has 0 amide bonds. The minimum atomic E-state index is 0.830. The molecule has 2 aliphatic heterocycles. The van der Waals surface area contributed by atoms with Gasteiger partial charge < -0.3 is 14.5 Å². The summed E-state index contributed by atoms with van der Waals surface area (Å²) in [6.45, 7) is 14.1. The van der Waals surface area contributed by atoms with Crippen molar-refractivity contribution in [2.45, 2.75) is 33.2 Å². The number of benzene rings is 1. The van der Waals surface area contributed by atoms with E-state index < -0.39 is 0 Å². The van der Waals surface area contributed by atoms with Crippen molar-refractivity contribution in [1.29, 1.82) is 0 Å². The van der Waals surface area contributed by atoms with Crippen molar-refractivity contribution in [1.82, 2.24) is 14.7 Å². The molecule has 0 aliphatic carbocycles. The molecule has 0 bridgehead atoms. The van der Waals surface area contributed by atoms with E-state index >= 15 is 0 Å². The van der Waals surface area contributed by atoms with Crippen LogP contribution in [0, 0.1) is 19.8 Å². The molecule has 0 saturated carbocycles. The number of methoxy groups -OCH3 is 1. The quantitative estimate of drug-likeness (QED) is 0.817. The average molecular weight is 346 g/mol. The van der Waals surface area contributed by atoms with E-state index in [1.807, 2.05) is 0 Å². The van der Waals surface area contributed by atoms with Gasteiger partial charge in [0, 0.05) is 45.8 Å². The van der Waals surface area contributed by atoms with Gasteiger partial charge in [0.25, 0.3) is 0 Å². The smallest absolute Gasteiger partial charge is 0.122 e. The summed E-state index contributed by atoms with van der Waals surface area (Å²) in [6, 6.07) is 4.51. The molecule has 2 aliphatic rings. The molecular weight excluding hydrogens is 310 g/mol. The van der Waals surface area contributed by atoms with Crippen LogP contribution in [0.2, 0.25) is 0 Å². The molecule has 1 atom stereocenters. The highest BCUT2D eigenvalue weighted by atomic mass is 16.5. The van der Waals surface area contributed by atoms with Gasteiger partial charge in [-0.05, 0) is 69.0 Å². The summed E-state index contributed by atoms with van der Waals surface area (Å²) in [5, 5.41) is 0. The Kier molecular flexibility index (Phi) is 6.37. The normalized spacial score (nSPS) is 23.8. The van der Waals surface area contributed by atoms with Crippen molar-refractivity contribution in [3.05, 3.63) is 28.8 Å². The second-order valence-corrected chi connectivity index (χ2v) is 8.10. The van der Waals surface area contributed by atoms with Gasteiger partial charge in [-0.2, -0.15) is 0 Å². The van der Waals surface area contributed by atoms with Crippen molar-refractivity contribution in [2.24, 2.45) is 5.92 Å². The molecule has 25 heavy (non-hydrogen) atoms. The van der Waals surface area contributed by atoms with E-state index in [-0.39, 0.29) is 0 Å². The fraction of sp³-hybridized carbons (Fsp3) is 0.714. The van der Waals surface area contributed by atoms with Crippen LogP contribution in [0.3, 0.4) is 0 Å². The number of nitrogens with zero attached hydrogens (tertiary/aromatic N) is 3. The second kappa shape index (κ2) is 8.52. The van der Waals surface area contributed by atoms with Crippen LogP contribution < -0.4 is 4.74 Å². The maximum Gasteiger partial charge on any atom is 0.122 e. The standard InChI is InChI=1S/C21H35N3O/c1-17-13-21(25-4)18(2)12-20(17)16-24-7-5-6-19(15-24)14-23-10-8-22(3)9-11-23/h12-13,19H,5-11,14-16H2,1-4H3/t19-/m1/s1. The maximum absolute atomic E-state index is 5.46. The lowest BCUT2D eigenvalue weighted by molar-refractivity contribution is 0.0965. The van der Waals surface area contributed by atoms with Gasteiger partial charge in [0.15, 0.2) is 0 Å². The first-order chi connectivity index (χ1) is 12.0. The van der Waals surface area contributed by atoms with Gasteiger partial charge in [-0.1, -0.05) is 6.07 Å². The molecule has 140 valence electrons. The molecule has 2 saturated heterocycles. The highest BCUT2D eigenvalue weighted by molar-refractivity contribution is 5.41. The lowest BCUT2D eigenvalue weighted by Crippen LogP contribution is -2.48. The SMILES string of the molecule is COc1cc(C)c(CN2CCC[C@H](CN3CCN(C)CC3)C2)cc1C. The Balaban J connectivity index is 1.56. The number of piperidine rings is 1. The van der Waals surface area contributed by atoms with Gasteiger partial charge in [0.1, 0.15) is 5.75 Å². The van der Waals surface area contributed by atoms with Gasteiger partial charge in [-0.3, -0.25) is 4.90 Å². The van der Waals surface area contributed by atoms with Crippen molar-refractivity contribution < 1.29 is 4.74 Å². The molecule has 0 unspecified atom stereocenters. The molecule has 2 fully saturated rings. The highest BCUT2D eigenvalue weighted by Crippen LogP contribution is 2.25. The summed E-state index contributed by atoms with van der Waals surface area (Å²) >= 11 is 0. The van der Waals surface area contributed by atoms with E-state index in [1.54, 1.807) is 7.11 Å². The van der Waals surface area contributed by atoms with E-state index in [0.717, 1.165) is 18.2 Å². The van der Waals surface area contributed by atoms with E-state index in [4.69, 9.17) is 4.74 Å². The van der Waals surface area contributed by atoms with Crippen LogP contribution in [0.4, 0.5) is 0 Å². The van der Waals surface area contributed by atoms with Gasteiger partial charge in [-0.25, -0.2) is 0 Å². The zero-order valence-electron chi connectivity index (χ0n) is 16.6. The third kappa shape index (κ3) is 4.96. The molecular formula is C21H35N3O. The molecule has 3 rings (SSSR count). The number of hydrogen-bond acceptors (Lipinski definition) is 4. The third-order valence-electron chi connectivity index (χ3n) is 5.96. The summed E-state index contributed by atoms with van der Waals surface area (Å²) in [5.74, 6) is 1.84. The van der Waals surface area contributed by atoms with Gasteiger partial charge >= 0.3 is 0 Å². The number of ether oxygens (including phenoxy) is 1. The summed E-state index contributed by atoms with van der Waals surface area (Å²) < 4.78 is 5.46. The number of likely N-dealkylation sites (N-methyl/N-ethyl adjacent to an activating group) is 1. The molecule has 0 spiro atoms. The Morgan fingerprint density at radius 1 is 1.00 bits per heavy atom. The largest absolute Gasteiger partial charge is 0.496 e. The van der Waals surface area contributed by atoms with Crippen LogP contribution in [0.25, 0.3) is 0 Å². The fourth-order valence-corrected chi connectivity index (χ4v) is 4.32. The van der Waals surface area contributed by atoms with Crippen LogP contribution in [0.1, 0.15) is 29.5 Å². The van der Waals surface area contributed by atoms with Crippen LogP contribution in [0.5, 0.6) is 5.75 Å². The summed E-state index contributed by atoms with van der Waals surface area (Å²) in [6.07, 6.45) is 2.73. The van der Waals surface area contributed by atoms with Crippen molar-refractivity contribution in [3.8, 4) is 5.75 Å². The molecule has 0 radical (unpaired) electrons. The Morgan fingerprint density at radius 2 is 1.76 bits per heavy atom. The van der Waals surface area contributed by atoms with Gasteiger partial charge in [0.05, 0.1) is 7.11 Å². The first kappa shape index (κ1) is 18.7. The predicted molar refractivity (Wildman–Crippen MR) is 104 cm³/mol. The molecule has 1 aromatic rings. The zero-order valence-corrected chi connectivity index (χ0v) is 16.6. The van der Waals surface area contributed by atoms with Crippen LogP contribution in [0.15, 0.2) is 12.1 Å². The van der Waals surface area contributed by atoms with E-state index in [9.17, 15) is 0 Å². The molecule has 0 aromatic heterocycles. The number of rotatable bonds is 5. The highest BCUT2D eigenvalue weighted by Gasteiger charge is 2.24. The third-order valence-corrected chi connectivity index (χ3v) is 5.96. The van der Waals surface area contributed by atoms with Gasteiger partial charge in [-0.15, -0.1) is 0 Å². The van der Waals surface area contributed by atoms with Crippen LogP contribution in [-0.2, 0) is 6.54 Å². The maximum atomic E-state index is 5.46. The zero-order chi connectivity index (χ0) is 17.8. The first-order valence-corrected chi connectivity index (χ1v) is 9.82. The van der Waals surface area contributed by atoms with Crippen molar-refractivity contribution in [3.63, 3.8) is 0 Å². The molecule has 0 N–H and O–H groups in total. The predicted octanol–water partition coefficient (Wildman–Crippen LogP) is 2.77. The Bertz CT molecular complexity index is 567. The summed E-state index contributed by atoms with van der Waals surface area (Å²) in [5.41, 5.74) is 4.05. The molecule has 4 nitrogen and oxygen atoms in total. The van der Waals surface area contributed by atoms with E-state index in [0.29, 0.717) is 0 Å². The number of aryl methyl sites for hydroxylation is 2. The van der Waals surface area contributed by atoms with Crippen LogP contribution in [-0.4, -0.2) is 74.7 Å². The molecule has 4 heteroatoms. The monoisotopic (exact) mass is 345 g/mol. The lowest BCUT2D eigenvalue weighted by atomic mass is 9.96. The van der Waals surface area contributed by atoms with Crippen molar-refractivity contribution >= 4 is 0 Å². The Morgan fingerprint density at radius 3 is 2.48 bits per heavy atom. The minimum Gasteiger partial charge on any atom is -0.496 e. The first-order valence-electron chi connectivity index (χ1n) is 9.82. The summed E-state index contributed by atoms with van der Waals surface area (Å²) in [7, 11) is 3.99. The van der Waals surface area contributed by atoms with Crippen molar-refractivity contribution in [2.75, 3.05) is 60.0 Å². The number of piperazine rings is 1. The van der Waals surface area contributed by atoms with E-state index in [1.165, 1.54) is 75.3 Å². The lowest BCUT2D eigenvalue weighted by Gasteiger charge is -2.38.